The van der Waals surface area contributed by atoms with Crippen molar-refractivity contribution in [2.75, 3.05) is 26.2 Å². The Morgan fingerprint density at radius 3 is 2.21 bits per heavy atom. The van der Waals surface area contributed by atoms with Gasteiger partial charge < -0.3 is 18.8 Å². The number of carbonyl (C=O) groups is 2. The van der Waals surface area contributed by atoms with E-state index in [0.717, 1.165) is 0 Å². The molecule has 0 atom stereocenters. The summed E-state index contributed by atoms with van der Waals surface area (Å²) in [6, 6.07) is 6.79. The van der Waals surface area contributed by atoms with E-state index in [1.165, 1.54) is 32.3 Å². The zero-order valence-corrected chi connectivity index (χ0v) is 16.6. The maximum Gasteiger partial charge on any atom is 0.270 e. The molecular formula is C19H19N3O5S. The van der Waals surface area contributed by atoms with Crippen molar-refractivity contribution in [2.24, 2.45) is 7.05 Å². The molecule has 1 aromatic heterocycles. The number of aryl methyl sites for hydroxylation is 1. The van der Waals surface area contributed by atoms with Gasteiger partial charge in [0.25, 0.3) is 11.8 Å². The van der Waals surface area contributed by atoms with E-state index in [1.54, 1.807) is 22.8 Å². The van der Waals surface area contributed by atoms with Gasteiger partial charge in [-0.3, -0.25) is 19.8 Å². The summed E-state index contributed by atoms with van der Waals surface area (Å²) in [7, 11) is 6.25. The Labute approximate surface area is 167 Å². The van der Waals surface area contributed by atoms with Crippen LogP contribution in [0.5, 0.6) is 17.2 Å². The topological polar surface area (TPSA) is 82.0 Å². The zero-order valence-electron chi connectivity index (χ0n) is 15.8. The fourth-order valence-electron chi connectivity index (χ4n) is 2.86. The van der Waals surface area contributed by atoms with Crippen LogP contribution >= 0.6 is 12.2 Å². The van der Waals surface area contributed by atoms with Gasteiger partial charge in [-0.25, -0.2) is 0 Å². The molecule has 0 saturated carbocycles. The number of benzene rings is 1. The standard InChI is InChI=1S/C19H19N3O5S/c1-21-7-5-6-11(21)8-13-17(23)20-19(28)22(18(13)24)12-9-14(25-2)16(27-4)15(10-12)26-3/h5-10H,1-4H3,(H,20,23,28)/b13-8-. The smallest absolute Gasteiger partial charge is 0.270 e. The van der Waals surface area contributed by atoms with E-state index in [2.05, 4.69) is 5.32 Å². The first-order valence-electron chi connectivity index (χ1n) is 8.24. The summed E-state index contributed by atoms with van der Waals surface area (Å²) in [5.41, 5.74) is 1.04. The normalized spacial score (nSPS) is 15.6. The Morgan fingerprint density at radius 2 is 1.71 bits per heavy atom. The van der Waals surface area contributed by atoms with Crippen molar-refractivity contribution in [3.05, 3.63) is 41.7 Å². The highest BCUT2D eigenvalue weighted by atomic mass is 32.1. The average Bonchev–Trinajstić information content (AvgIpc) is 3.08. The number of nitrogens with one attached hydrogen (secondary N) is 1. The minimum atomic E-state index is -0.556. The third-order valence-corrected chi connectivity index (χ3v) is 4.57. The molecule has 1 aliphatic rings. The number of methoxy groups -OCH3 is 3. The quantitative estimate of drug-likeness (QED) is 0.468. The molecule has 146 valence electrons. The van der Waals surface area contributed by atoms with Gasteiger partial charge in [-0.1, -0.05) is 0 Å². The van der Waals surface area contributed by atoms with Crippen molar-refractivity contribution < 1.29 is 23.8 Å². The van der Waals surface area contributed by atoms with Gasteiger partial charge in [0.15, 0.2) is 16.6 Å². The Balaban J connectivity index is 2.10. The van der Waals surface area contributed by atoms with Crippen molar-refractivity contribution in [2.45, 2.75) is 0 Å². The van der Waals surface area contributed by atoms with Gasteiger partial charge in [-0.15, -0.1) is 0 Å². The van der Waals surface area contributed by atoms with Crippen LogP contribution in [0.1, 0.15) is 5.69 Å². The predicted octanol–water partition coefficient (Wildman–Crippen LogP) is 1.88. The number of amides is 2. The van der Waals surface area contributed by atoms with E-state index in [1.807, 2.05) is 19.3 Å². The van der Waals surface area contributed by atoms with Crippen molar-refractivity contribution in [3.63, 3.8) is 0 Å². The third kappa shape index (κ3) is 3.31. The molecule has 2 amide bonds. The molecule has 3 rings (SSSR count). The molecule has 1 aliphatic heterocycles. The van der Waals surface area contributed by atoms with Crippen LogP contribution in [-0.4, -0.2) is 42.8 Å². The zero-order chi connectivity index (χ0) is 20.4. The molecule has 0 unspecified atom stereocenters. The van der Waals surface area contributed by atoms with Gasteiger partial charge in [-0.2, -0.15) is 0 Å². The van der Waals surface area contributed by atoms with E-state index in [0.29, 0.717) is 28.6 Å². The summed E-state index contributed by atoms with van der Waals surface area (Å²) in [6.07, 6.45) is 3.34. The molecule has 8 nitrogen and oxygen atoms in total. The van der Waals surface area contributed by atoms with Crippen LogP contribution in [0.15, 0.2) is 36.0 Å². The summed E-state index contributed by atoms with van der Waals surface area (Å²) >= 11 is 5.24. The molecule has 1 aromatic carbocycles. The first-order valence-corrected chi connectivity index (χ1v) is 8.64. The van der Waals surface area contributed by atoms with Crippen LogP contribution in [0, 0.1) is 0 Å². The molecule has 0 spiro atoms. The molecule has 9 heteroatoms. The Morgan fingerprint density at radius 1 is 1.07 bits per heavy atom. The maximum absolute atomic E-state index is 13.1. The van der Waals surface area contributed by atoms with Gasteiger partial charge in [-0.05, 0) is 30.4 Å². The molecule has 0 bridgehead atoms. The third-order valence-electron chi connectivity index (χ3n) is 4.29. The fourth-order valence-corrected chi connectivity index (χ4v) is 3.14. The molecule has 0 radical (unpaired) electrons. The number of hydrogen-bond donors (Lipinski definition) is 1. The van der Waals surface area contributed by atoms with E-state index < -0.39 is 11.8 Å². The Bertz CT molecular complexity index is 970. The number of rotatable bonds is 5. The van der Waals surface area contributed by atoms with Crippen molar-refractivity contribution in [1.82, 2.24) is 9.88 Å². The molecule has 1 saturated heterocycles. The molecule has 1 N–H and O–H groups in total. The molecular weight excluding hydrogens is 382 g/mol. The first kappa shape index (κ1) is 19.4. The summed E-state index contributed by atoms with van der Waals surface area (Å²) in [6.45, 7) is 0. The Kier molecular flexibility index (Phi) is 5.36. The van der Waals surface area contributed by atoms with E-state index in [9.17, 15) is 9.59 Å². The highest BCUT2D eigenvalue weighted by Gasteiger charge is 2.35. The van der Waals surface area contributed by atoms with Crippen molar-refractivity contribution in [3.8, 4) is 17.2 Å². The second-order valence-electron chi connectivity index (χ2n) is 5.89. The highest BCUT2D eigenvalue weighted by Crippen LogP contribution is 2.41. The summed E-state index contributed by atoms with van der Waals surface area (Å²) in [4.78, 5) is 26.7. The molecule has 2 heterocycles. The molecule has 0 aliphatic carbocycles. The highest BCUT2D eigenvalue weighted by molar-refractivity contribution is 7.80. The van der Waals surface area contributed by atoms with Crippen molar-refractivity contribution in [1.29, 1.82) is 0 Å². The number of thiocarbonyl (C=S) groups is 1. The minimum Gasteiger partial charge on any atom is -0.493 e. The predicted molar refractivity (Wildman–Crippen MR) is 108 cm³/mol. The van der Waals surface area contributed by atoms with Crippen molar-refractivity contribution >= 4 is 40.9 Å². The van der Waals surface area contributed by atoms with Gasteiger partial charge >= 0.3 is 0 Å². The number of carbonyl (C=O) groups excluding carboxylic acids is 2. The number of hydrogen-bond acceptors (Lipinski definition) is 6. The number of ether oxygens (including phenoxy) is 3. The number of anilines is 1. The van der Waals surface area contributed by atoms with E-state index >= 15 is 0 Å². The monoisotopic (exact) mass is 401 g/mol. The van der Waals surface area contributed by atoms with Crippen LogP contribution in [-0.2, 0) is 16.6 Å². The molecule has 1 fully saturated rings. The minimum absolute atomic E-state index is 0.0340. The van der Waals surface area contributed by atoms with Gasteiger partial charge in [0.1, 0.15) is 5.57 Å². The second-order valence-corrected chi connectivity index (χ2v) is 6.27. The lowest BCUT2D eigenvalue weighted by Gasteiger charge is -2.29. The number of nitrogens with zero attached hydrogens (tertiary/aromatic N) is 2. The van der Waals surface area contributed by atoms with Gasteiger partial charge in [0.2, 0.25) is 5.75 Å². The summed E-state index contributed by atoms with van der Waals surface area (Å²) in [5, 5.41) is 2.52. The van der Waals surface area contributed by atoms with Gasteiger partial charge in [0, 0.05) is 31.1 Å². The Hall–Kier alpha value is -3.33. The fraction of sp³-hybridized carbons (Fsp3) is 0.211. The van der Waals surface area contributed by atoms with Crippen LogP contribution in [0.25, 0.3) is 6.08 Å². The van der Waals surface area contributed by atoms with Crippen LogP contribution in [0.4, 0.5) is 5.69 Å². The SMILES string of the molecule is COc1cc(N2C(=O)/C(=C\c3cccn3C)C(=O)NC2=S)cc(OC)c1OC. The lowest BCUT2D eigenvalue weighted by atomic mass is 10.1. The van der Waals surface area contributed by atoms with Crippen LogP contribution < -0.4 is 24.4 Å². The average molecular weight is 401 g/mol. The number of aromatic nitrogens is 1. The largest absolute Gasteiger partial charge is 0.493 e. The van der Waals surface area contributed by atoms with Gasteiger partial charge in [0.05, 0.1) is 27.0 Å². The lowest BCUT2D eigenvalue weighted by Crippen LogP contribution is -2.54. The van der Waals surface area contributed by atoms with E-state index in [-0.39, 0.29) is 10.7 Å². The summed E-state index contributed by atoms with van der Waals surface area (Å²) < 4.78 is 17.8. The van der Waals surface area contributed by atoms with Crippen LogP contribution in [0.2, 0.25) is 0 Å². The summed E-state index contributed by atoms with van der Waals surface area (Å²) in [5.74, 6) is -0.00789. The van der Waals surface area contributed by atoms with E-state index in [4.69, 9.17) is 26.4 Å². The molecule has 2 aromatic rings. The van der Waals surface area contributed by atoms with Crippen LogP contribution in [0.3, 0.4) is 0 Å². The maximum atomic E-state index is 13.1. The first-order chi connectivity index (χ1) is 13.4. The molecule has 28 heavy (non-hydrogen) atoms. The lowest BCUT2D eigenvalue weighted by molar-refractivity contribution is -0.122. The second kappa shape index (κ2) is 7.73.